The topological polar surface area (TPSA) is 21.3 Å². The minimum absolute atomic E-state index is 0.313. The maximum atomic E-state index is 5.78. The molecule has 0 bridgehead atoms. The second-order valence-electron chi connectivity index (χ2n) is 5.31. The van der Waals surface area contributed by atoms with Gasteiger partial charge < -0.3 is 10.1 Å². The van der Waals surface area contributed by atoms with E-state index in [9.17, 15) is 0 Å². The number of hydrogen-bond donors (Lipinski definition) is 1. The van der Waals surface area contributed by atoms with Gasteiger partial charge in [-0.15, -0.1) is 0 Å². The van der Waals surface area contributed by atoms with E-state index in [2.05, 4.69) is 55.6 Å². The van der Waals surface area contributed by atoms with Gasteiger partial charge in [-0.2, -0.15) is 0 Å². The van der Waals surface area contributed by atoms with Gasteiger partial charge in [0.15, 0.2) is 0 Å². The number of para-hydroxylation sites is 1. The van der Waals surface area contributed by atoms with Crippen LogP contribution in [0.3, 0.4) is 0 Å². The van der Waals surface area contributed by atoms with Crippen LogP contribution >= 0.6 is 0 Å². The van der Waals surface area contributed by atoms with Crippen LogP contribution in [0, 0.1) is 12.8 Å². The smallest absolute Gasteiger partial charge is 0.124 e. The van der Waals surface area contributed by atoms with Crippen LogP contribution in [0.4, 0.5) is 5.69 Å². The molecule has 0 saturated heterocycles. The molecule has 0 fully saturated rings. The van der Waals surface area contributed by atoms with Gasteiger partial charge in [0.05, 0.1) is 12.6 Å². The summed E-state index contributed by atoms with van der Waals surface area (Å²) in [4.78, 5) is 0. The summed E-state index contributed by atoms with van der Waals surface area (Å²) in [5.74, 6) is 1.46. The molecular weight excluding hydrogens is 234 g/mol. The van der Waals surface area contributed by atoms with Gasteiger partial charge in [-0.3, -0.25) is 0 Å². The summed E-state index contributed by atoms with van der Waals surface area (Å²) >= 11 is 0. The molecule has 0 radical (unpaired) electrons. The molecular formula is C17H19NO. The van der Waals surface area contributed by atoms with Gasteiger partial charge >= 0.3 is 0 Å². The number of anilines is 1. The van der Waals surface area contributed by atoms with Crippen molar-refractivity contribution in [3.05, 3.63) is 59.7 Å². The zero-order valence-electron chi connectivity index (χ0n) is 11.4. The first kappa shape index (κ1) is 12.1. The highest BCUT2D eigenvalue weighted by atomic mass is 16.5. The second-order valence-corrected chi connectivity index (χ2v) is 5.31. The predicted molar refractivity (Wildman–Crippen MR) is 78.6 cm³/mol. The summed E-state index contributed by atoms with van der Waals surface area (Å²) in [6.45, 7) is 5.10. The Hall–Kier alpha value is -1.96. The van der Waals surface area contributed by atoms with Crippen LogP contribution in [0.1, 0.15) is 24.1 Å². The van der Waals surface area contributed by atoms with Crippen LogP contribution in [0.5, 0.6) is 5.75 Å². The number of nitrogens with one attached hydrogen (secondary N) is 1. The number of ether oxygens (including phenoxy) is 1. The van der Waals surface area contributed by atoms with Gasteiger partial charge in [-0.1, -0.05) is 42.8 Å². The normalized spacial score (nSPS) is 21.4. The monoisotopic (exact) mass is 253 g/mol. The zero-order valence-corrected chi connectivity index (χ0v) is 11.4. The lowest BCUT2D eigenvalue weighted by Crippen LogP contribution is -2.28. The summed E-state index contributed by atoms with van der Waals surface area (Å²) in [6, 6.07) is 17.2. The first-order valence-corrected chi connectivity index (χ1v) is 6.79. The zero-order chi connectivity index (χ0) is 13.2. The van der Waals surface area contributed by atoms with Crippen molar-refractivity contribution < 1.29 is 4.74 Å². The molecule has 1 N–H and O–H groups in total. The minimum Gasteiger partial charge on any atom is -0.493 e. The fraction of sp³-hybridized carbons (Fsp3) is 0.294. The van der Waals surface area contributed by atoms with Gasteiger partial charge in [-0.25, -0.2) is 0 Å². The van der Waals surface area contributed by atoms with E-state index in [4.69, 9.17) is 4.74 Å². The molecule has 19 heavy (non-hydrogen) atoms. The van der Waals surface area contributed by atoms with E-state index >= 15 is 0 Å². The minimum atomic E-state index is 0.313. The van der Waals surface area contributed by atoms with Crippen molar-refractivity contribution in [1.29, 1.82) is 0 Å². The largest absolute Gasteiger partial charge is 0.493 e. The SMILES string of the molecule is Cc1ccc(NC2c3ccccc3OCC2C)cc1. The molecule has 1 aliphatic rings. The van der Waals surface area contributed by atoms with Gasteiger partial charge in [-0.05, 0) is 25.1 Å². The Balaban J connectivity index is 1.89. The Kier molecular flexibility index (Phi) is 3.16. The summed E-state index contributed by atoms with van der Waals surface area (Å²) in [7, 11) is 0. The van der Waals surface area contributed by atoms with Crippen molar-refractivity contribution in [1.82, 2.24) is 0 Å². The highest BCUT2D eigenvalue weighted by molar-refractivity contribution is 5.49. The molecule has 2 aromatic rings. The highest BCUT2D eigenvalue weighted by Crippen LogP contribution is 2.37. The second kappa shape index (κ2) is 4.96. The Morgan fingerprint density at radius 2 is 1.79 bits per heavy atom. The van der Waals surface area contributed by atoms with Crippen molar-refractivity contribution in [2.24, 2.45) is 5.92 Å². The van der Waals surface area contributed by atoms with Crippen LogP contribution in [-0.2, 0) is 0 Å². The first-order valence-electron chi connectivity index (χ1n) is 6.79. The Bertz CT molecular complexity index is 562. The Labute approximate surface area is 114 Å². The first-order chi connectivity index (χ1) is 9.24. The van der Waals surface area contributed by atoms with Crippen molar-refractivity contribution in [2.45, 2.75) is 19.9 Å². The predicted octanol–water partition coefficient (Wildman–Crippen LogP) is 4.18. The third-order valence-electron chi connectivity index (χ3n) is 3.70. The fourth-order valence-corrected chi connectivity index (χ4v) is 2.54. The summed E-state index contributed by atoms with van der Waals surface area (Å²) < 4.78 is 5.78. The van der Waals surface area contributed by atoms with Crippen LogP contribution in [0.2, 0.25) is 0 Å². The van der Waals surface area contributed by atoms with E-state index in [1.54, 1.807) is 0 Å². The van der Waals surface area contributed by atoms with E-state index in [1.807, 2.05) is 12.1 Å². The van der Waals surface area contributed by atoms with Gasteiger partial charge in [0.1, 0.15) is 5.75 Å². The molecule has 2 atom stereocenters. The molecule has 1 aliphatic heterocycles. The fourth-order valence-electron chi connectivity index (χ4n) is 2.54. The van der Waals surface area contributed by atoms with Gasteiger partial charge in [0.25, 0.3) is 0 Å². The lowest BCUT2D eigenvalue weighted by Gasteiger charge is -2.32. The summed E-state index contributed by atoms with van der Waals surface area (Å²) in [5.41, 5.74) is 3.70. The number of rotatable bonds is 2. The molecule has 2 heteroatoms. The number of fused-ring (bicyclic) bond motifs is 1. The van der Waals surface area contributed by atoms with Crippen LogP contribution in [-0.4, -0.2) is 6.61 Å². The van der Waals surface area contributed by atoms with Gasteiger partial charge in [0, 0.05) is 17.2 Å². The third-order valence-corrected chi connectivity index (χ3v) is 3.70. The van der Waals surface area contributed by atoms with Gasteiger partial charge in [0.2, 0.25) is 0 Å². The molecule has 2 nitrogen and oxygen atoms in total. The van der Waals surface area contributed by atoms with E-state index in [0.29, 0.717) is 12.0 Å². The average Bonchev–Trinajstić information content (AvgIpc) is 2.44. The molecule has 2 unspecified atom stereocenters. The summed E-state index contributed by atoms with van der Waals surface area (Å²) in [6.07, 6.45) is 0. The quantitative estimate of drug-likeness (QED) is 0.867. The van der Waals surface area contributed by atoms with Crippen LogP contribution in [0.25, 0.3) is 0 Å². The van der Waals surface area contributed by atoms with E-state index < -0.39 is 0 Å². The average molecular weight is 253 g/mol. The van der Waals surface area contributed by atoms with Crippen molar-refractivity contribution in [3.63, 3.8) is 0 Å². The van der Waals surface area contributed by atoms with Crippen LogP contribution < -0.4 is 10.1 Å². The van der Waals surface area contributed by atoms with Crippen molar-refractivity contribution >= 4 is 5.69 Å². The van der Waals surface area contributed by atoms with E-state index in [0.717, 1.165) is 12.4 Å². The van der Waals surface area contributed by atoms with Crippen molar-refractivity contribution in [3.8, 4) is 5.75 Å². The molecule has 0 spiro atoms. The maximum Gasteiger partial charge on any atom is 0.124 e. The molecule has 1 heterocycles. The van der Waals surface area contributed by atoms with E-state index in [1.165, 1.54) is 16.8 Å². The number of benzene rings is 2. The lowest BCUT2D eigenvalue weighted by molar-refractivity contribution is 0.214. The highest BCUT2D eigenvalue weighted by Gasteiger charge is 2.27. The summed E-state index contributed by atoms with van der Waals surface area (Å²) in [5, 5.41) is 3.63. The molecule has 0 amide bonds. The maximum absolute atomic E-state index is 5.78. The number of aryl methyl sites for hydroxylation is 1. The van der Waals surface area contributed by atoms with Crippen molar-refractivity contribution in [2.75, 3.05) is 11.9 Å². The molecule has 3 rings (SSSR count). The molecule has 98 valence electrons. The third kappa shape index (κ3) is 2.43. The lowest BCUT2D eigenvalue weighted by atomic mass is 9.92. The molecule has 0 aliphatic carbocycles. The number of hydrogen-bond acceptors (Lipinski definition) is 2. The van der Waals surface area contributed by atoms with Crippen LogP contribution in [0.15, 0.2) is 48.5 Å². The molecule has 0 aromatic heterocycles. The Morgan fingerprint density at radius 3 is 2.58 bits per heavy atom. The Morgan fingerprint density at radius 1 is 1.05 bits per heavy atom. The van der Waals surface area contributed by atoms with E-state index in [-0.39, 0.29) is 0 Å². The standard InChI is InChI=1S/C17H19NO/c1-12-7-9-14(10-8-12)18-17-13(2)11-19-16-6-4-3-5-15(16)17/h3-10,13,17-18H,11H2,1-2H3. The molecule has 0 saturated carbocycles. The molecule has 2 aromatic carbocycles.